The Balaban J connectivity index is 2.07. The molecule has 1 aromatic rings. The number of carbonyl (C=O) groups is 1. The second-order valence-corrected chi connectivity index (χ2v) is 5.79. The molecule has 0 amide bonds. The van der Waals surface area contributed by atoms with Crippen LogP contribution in [-0.2, 0) is 9.53 Å². The lowest BCUT2D eigenvalue weighted by molar-refractivity contribution is -0.153. The SMILES string of the molecule is CC(C)OC(=O)[C@@H]1CCCN1CC(O)c1c(F)cccc1F. The molecule has 1 unspecified atom stereocenters. The minimum Gasteiger partial charge on any atom is -0.462 e. The standard InChI is InChI=1S/C16H21F2NO3/c1-10(2)22-16(21)13-7-4-8-19(13)9-14(20)15-11(17)5-3-6-12(15)18/h3,5-6,10,13-14,20H,4,7-9H2,1-2H3/t13-,14?/m0/s1. The molecule has 1 saturated heterocycles. The van der Waals surface area contributed by atoms with E-state index in [-0.39, 0.29) is 24.2 Å². The fraction of sp³-hybridized carbons (Fsp3) is 0.562. The van der Waals surface area contributed by atoms with E-state index in [1.165, 1.54) is 6.07 Å². The lowest BCUT2D eigenvalue weighted by Gasteiger charge is -2.26. The Hall–Kier alpha value is -1.53. The van der Waals surface area contributed by atoms with Crippen molar-refractivity contribution >= 4 is 5.97 Å². The molecule has 1 heterocycles. The number of hydrogen-bond acceptors (Lipinski definition) is 4. The van der Waals surface area contributed by atoms with Crippen LogP contribution in [0.4, 0.5) is 8.78 Å². The predicted molar refractivity (Wildman–Crippen MR) is 77.1 cm³/mol. The van der Waals surface area contributed by atoms with Crippen molar-refractivity contribution in [2.24, 2.45) is 0 Å². The van der Waals surface area contributed by atoms with Gasteiger partial charge in [-0.25, -0.2) is 8.78 Å². The van der Waals surface area contributed by atoms with E-state index < -0.39 is 23.8 Å². The Morgan fingerprint density at radius 3 is 2.64 bits per heavy atom. The molecule has 4 nitrogen and oxygen atoms in total. The first-order chi connectivity index (χ1) is 10.4. The van der Waals surface area contributed by atoms with E-state index in [4.69, 9.17) is 4.74 Å². The molecule has 2 atom stereocenters. The van der Waals surface area contributed by atoms with Crippen LogP contribution in [0.25, 0.3) is 0 Å². The van der Waals surface area contributed by atoms with Crippen LogP contribution < -0.4 is 0 Å². The summed E-state index contributed by atoms with van der Waals surface area (Å²) in [6, 6.07) is 3.00. The van der Waals surface area contributed by atoms with Crippen LogP contribution in [0.1, 0.15) is 38.4 Å². The minimum atomic E-state index is -1.33. The van der Waals surface area contributed by atoms with E-state index in [0.29, 0.717) is 13.0 Å². The molecule has 0 aromatic heterocycles. The quantitative estimate of drug-likeness (QED) is 0.848. The summed E-state index contributed by atoms with van der Waals surface area (Å²) in [6.45, 7) is 4.11. The smallest absolute Gasteiger partial charge is 0.323 e. The third kappa shape index (κ3) is 3.81. The number of carbonyl (C=O) groups excluding carboxylic acids is 1. The molecule has 0 radical (unpaired) electrons. The van der Waals surface area contributed by atoms with Crippen molar-refractivity contribution in [2.75, 3.05) is 13.1 Å². The molecule has 1 aromatic carbocycles. The number of hydrogen-bond donors (Lipinski definition) is 1. The summed E-state index contributed by atoms with van der Waals surface area (Å²) in [5, 5.41) is 10.2. The second-order valence-electron chi connectivity index (χ2n) is 5.79. The van der Waals surface area contributed by atoms with E-state index >= 15 is 0 Å². The number of esters is 1. The van der Waals surface area contributed by atoms with E-state index in [1.807, 2.05) is 0 Å². The van der Waals surface area contributed by atoms with Gasteiger partial charge < -0.3 is 9.84 Å². The van der Waals surface area contributed by atoms with E-state index in [1.54, 1.807) is 18.7 Å². The summed E-state index contributed by atoms with van der Waals surface area (Å²) in [6.07, 6.45) is -0.139. The van der Waals surface area contributed by atoms with Gasteiger partial charge in [-0.15, -0.1) is 0 Å². The second kappa shape index (κ2) is 7.15. The fourth-order valence-electron chi connectivity index (χ4n) is 2.76. The Morgan fingerprint density at radius 1 is 1.41 bits per heavy atom. The van der Waals surface area contributed by atoms with Crippen LogP contribution >= 0.6 is 0 Å². The van der Waals surface area contributed by atoms with Gasteiger partial charge in [0.05, 0.1) is 17.8 Å². The van der Waals surface area contributed by atoms with E-state index in [9.17, 15) is 18.7 Å². The normalized spacial score (nSPS) is 20.4. The predicted octanol–water partition coefficient (Wildman–Crippen LogP) is 2.41. The summed E-state index contributed by atoms with van der Waals surface area (Å²) in [7, 11) is 0. The molecule has 0 bridgehead atoms. The first kappa shape index (κ1) is 16.8. The first-order valence-corrected chi connectivity index (χ1v) is 7.46. The summed E-state index contributed by atoms with van der Waals surface area (Å²) in [5.41, 5.74) is -0.356. The number of rotatable bonds is 5. The minimum absolute atomic E-state index is 0.00425. The number of aliphatic hydroxyl groups is 1. The van der Waals surface area contributed by atoms with Crippen molar-refractivity contribution < 1.29 is 23.4 Å². The molecule has 1 fully saturated rings. The number of ether oxygens (including phenoxy) is 1. The van der Waals surface area contributed by atoms with Gasteiger partial charge in [-0.05, 0) is 45.4 Å². The number of halogens is 2. The molecule has 0 saturated carbocycles. The number of benzene rings is 1. The van der Waals surface area contributed by atoms with Crippen LogP contribution in [0.2, 0.25) is 0 Å². The maximum atomic E-state index is 13.7. The molecule has 0 spiro atoms. The average Bonchev–Trinajstić information content (AvgIpc) is 2.85. The molecular formula is C16H21F2NO3. The molecule has 0 aliphatic carbocycles. The fourth-order valence-corrected chi connectivity index (χ4v) is 2.76. The van der Waals surface area contributed by atoms with Gasteiger partial charge in [0, 0.05) is 6.54 Å². The molecule has 22 heavy (non-hydrogen) atoms. The Labute approximate surface area is 128 Å². The summed E-state index contributed by atoms with van der Waals surface area (Å²) in [4.78, 5) is 13.7. The van der Waals surface area contributed by atoms with E-state index in [0.717, 1.165) is 18.6 Å². The first-order valence-electron chi connectivity index (χ1n) is 7.46. The maximum Gasteiger partial charge on any atom is 0.323 e. The zero-order chi connectivity index (χ0) is 16.3. The average molecular weight is 313 g/mol. The van der Waals surface area contributed by atoms with Crippen molar-refractivity contribution in [1.82, 2.24) is 4.90 Å². The highest BCUT2D eigenvalue weighted by atomic mass is 19.1. The van der Waals surface area contributed by atoms with Gasteiger partial charge in [0.2, 0.25) is 0 Å². The Morgan fingerprint density at radius 2 is 2.05 bits per heavy atom. The number of nitrogens with zero attached hydrogens (tertiary/aromatic N) is 1. The Bertz CT molecular complexity index is 516. The van der Waals surface area contributed by atoms with Gasteiger partial charge >= 0.3 is 5.97 Å². The highest BCUT2D eigenvalue weighted by Gasteiger charge is 2.34. The number of likely N-dealkylation sites (tertiary alicyclic amines) is 1. The highest BCUT2D eigenvalue weighted by molar-refractivity contribution is 5.76. The monoisotopic (exact) mass is 313 g/mol. The number of aliphatic hydroxyl groups excluding tert-OH is 1. The van der Waals surface area contributed by atoms with Gasteiger partial charge in [-0.1, -0.05) is 6.07 Å². The van der Waals surface area contributed by atoms with Crippen molar-refractivity contribution in [1.29, 1.82) is 0 Å². The summed E-state index contributed by atoms with van der Waals surface area (Å²) >= 11 is 0. The summed E-state index contributed by atoms with van der Waals surface area (Å²) in [5.74, 6) is -1.92. The Kier molecular flexibility index (Phi) is 5.47. The van der Waals surface area contributed by atoms with Crippen molar-refractivity contribution in [3.05, 3.63) is 35.4 Å². The third-order valence-electron chi connectivity index (χ3n) is 3.73. The zero-order valence-electron chi connectivity index (χ0n) is 12.8. The van der Waals surface area contributed by atoms with Crippen LogP contribution in [0.5, 0.6) is 0 Å². The topological polar surface area (TPSA) is 49.8 Å². The zero-order valence-corrected chi connectivity index (χ0v) is 12.8. The van der Waals surface area contributed by atoms with Crippen LogP contribution in [0.15, 0.2) is 18.2 Å². The van der Waals surface area contributed by atoms with E-state index in [2.05, 4.69) is 0 Å². The van der Waals surface area contributed by atoms with Crippen LogP contribution in [-0.4, -0.2) is 41.2 Å². The van der Waals surface area contributed by atoms with Crippen LogP contribution in [0.3, 0.4) is 0 Å². The van der Waals surface area contributed by atoms with Gasteiger partial charge in [-0.3, -0.25) is 9.69 Å². The van der Waals surface area contributed by atoms with Gasteiger partial charge in [-0.2, -0.15) is 0 Å². The molecule has 1 N–H and O–H groups in total. The van der Waals surface area contributed by atoms with Gasteiger partial charge in [0.25, 0.3) is 0 Å². The highest BCUT2D eigenvalue weighted by Crippen LogP contribution is 2.26. The molecular weight excluding hydrogens is 292 g/mol. The lowest BCUT2D eigenvalue weighted by Crippen LogP contribution is -2.40. The molecule has 6 heteroatoms. The number of β-amino-alcohol motifs (C(OH)–C–C–N with tert-alkyl or cyclic N) is 1. The maximum absolute atomic E-state index is 13.7. The largest absolute Gasteiger partial charge is 0.462 e. The lowest BCUT2D eigenvalue weighted by atomic mass is 10.1. The molecule has 122 valence electrons. The summed E-state index contributed by atoms with van der Waals surface area (Å²) < 4.78 is 32.6. The van der Waals surface area contributed by atoms with Crippen molar-refractivity contribution in [3.63, 3.8) is 0 Å². The van der Waals surface area contributed by atoms with Crippen molar-refractivity contribution in [2.45, 2.75) is 44.9 Å². The van der Waals surface area contributed by atoms with Gasteiger partial charge in [0.15, 0.2) is 0 Å². The van der Waals surface area contributed by atoms with Gasteiger partial charge in [0.1, 0.15) is 17.7 Å². The van der Waals surface area contributed by atoms with Crippen LogP contribution in [0, 0.1) is 11.6 Å². The van der Waals surface area contributed by atoms with Crippen molar-refractivity contribution in [3.8, 4) is 0 Å². The molecule has 2 rings (SSSR count). The molecule has 1 aliphatic rings. The third-order valence-corrected chi connectivity index (χ3v) is 3.73. The molecule has 1 aliphatic heterocycles.